The molecule has 2 saturated heterocycles. The molecule has 2 fully saturated rings. The Morgan fingerprint density at radius 2 is 2.04 bits per heavy atom. The van der Waals surface area contributed by atoms with Gasteiger partial charge in [0.1, 0.15) is 11.4 Å². The summed E-state index contributed by atoms with van der Waals surface area (Å²) in [5.41, 5.74) is -0.806. The van der Waals surface area contributed by atoms with Crippen LogP contribution in [0.2, 0.25) is 0 Å². The molecule has 1 aromatic heterocycles. The smallest absolute Gasteiger partial charge is 0.324 e. The van der Waals surface area contributed by atoms with Crippen LogP contribution in [0, 0.1) is 6.92 Å². The maximum Gasteiger partial charge on any atom is 0.325 e. The summed E-state index contributed by atoms with van der Waals surface area (Å²) < 4.78 is 0. The van der Waals surface area contributed by atoms with Gasteiger partial charge in [0.25, 0.3) is 5.91 Å². The van der Waals surface area contributed by atoms with Gasteiger partial charge in [-0.2, -0.15) is 5.10 Å². The van der Waals surface area contributed by atoms with Crippen molar-refractivity contribution in [3.8, 4) is 0 Å². The van der Waals surface area contributed by atoms with Crippen molar-refractivity contribution >= 4 is 11.9 Å². The number of aromatic nitrogens is 3. The predicted molar refractivity (Wildman–Crippen MR) is 83.6 cm³/mol. The third-order valence-electron chi connectivity index (χ3n) is 4.58. The second kappa shape index (κ2) is 5.92. The van der Waals surface area contributed by atoms with E-state index in [4.69, 9.17) is 0 Å². The van der Waals surface area contributed by atoms with Crippen molar-refractivity contribution in [1.29, 1.82) is 0 Å². The van der Waals surface area contributed by atoms with Gasteiger partial charge in [0.2, 0.25) is 0 Å². The minimum absolute atomic E-state index is 0.155. The van der Waals surface area contributed by atoms with Crippen LogP contribution in [-0.4, -0.2) is 62.1 Å². The Morgan fingerprint density at radius 1 is 1.26 bits per heavy atom. The first-order chi connectivity index (χ1) is 10.9. The number of hydrogen-bond acceptors (Lipinski definition) is 5. The standard InChI is InChI=1S/C15H24N6O2/c1-10-16-12(19-18-10)11-6-4-5-7-20(11)8-9-21-13(22)15(2,3)17-14(21)23/h11H,4-9H2,1-3H3,(H,17,23)(H,16,18,19). The van der Waals surface area contributed by atoms with Gasteiger partial charge in [-0.1, -0.05) is 6.42 Å². The van der Waals surface area contributed by atoms with Crippen LogP contribution in [0.4, 0.5) is 4.79 Å². The number of urea groups is 1. The highest BCUT2D eigenvalue weighted by Gasteiger charge is 2.44. The number of likely N-dealkylation sites (tertiary alicyclic amines) is 1. The lowest BCUT2D eigenvalue weighted by Gasteiger charge is -2.34. The summed E-state index contributed by atoms with van der Waals surface area (Å²) in [6.07, 6.45) is 3.26. The SMILES string of the molecule is Cc1nc(C2CCCCN2CCN2C(=O)NC(C)(C)C2=O)n[nH]1. The maximum absolute atomic E-state index is 12.3. The second-order valence-electron chi connectivity index (χ2n) is 6.84. The van der Waals surface area contributed by atoms with E-state index in [1.165, 1.54) is 4.90 Å². The highest BCUT2D eigenvalue weighted by molar-refractivity contribution is 6.06. The Hall–Kier alpha value is -1.96. The van der Waals surface area contributed by atoms with Gasteiger partial charge in [0, 0.05) is 13.1 Å². The molecule has 0 bridgehead atoms. The Kier molecular flexibility index (Phi) is 4.09. The van der Waals surface area contributed by atoms with Gasteiger partial charge in [0.15, 0.2) is 5.82 Å². The summed E-state index contributed by atoms with van der Waals surface area (Å²) in [6, 6.07) is -0.148. The lowest BCUT2D eigenvalue weighted by molar-refractivity contribution is -0.130. The van der Waals surface area contributed by atoms with Crippen molar-refractivity contribution in [2.24, 2.45) is 0 Å². The van der Waals surface area contributed by atoms with E-state index in [1.54, 1.807) is 13.8 Å². The molecule has 1 atom stereocenters. The molecular formula is C15H24N6O2. The van der Waals surface area contributed by atoms with Crippen molar-refractivity contribution in [3.05, 3.63) is 11.6 Å². The topological polar surface area (TPSA) is 94.2 Å². The predicted octanol–water partition coefficient (Wildman–Crippen LogP) is 0.971. The summed E-state index contributed by atoms with van der Waals surface area (Å²) in [5, 5.41) is 9.89. The number of carbonyl (C=O) groups excluding carboxylic acids is 2. The van der Waals surface area contributed by atoms with Gasteiger partial charge in [-0.05, 0) is 40.2 Å². The highest BCUT2D eigenvalue weighted by atomic mass is 16.2. The Bertz CT molecular complexity index is 611. The number of H-pyrrole nitrogens is 1. The molecule has 23 heavy (non-hydrogen) atoms. The average Bonchev–Trinajstić information content (AvgIpc) is 3.00. The monoisotopic (exact) mass is 320 g/mol. The van der Waals surface area contributed by atoms with Crippen molar-refractivity contribution in [3.63, 3.8) is 0 Å². The van der Waals surface area contributed by atoms with Crippen molar-refractivity contribution < 1.29 is 9.59 Å². The summed E-state index contributed by atoms with van der Waals surface area (Å²) in [7, 11) is 0. The number of amides is 3. The van der Waals surface area contributed by atoms with Gasteiger partial charge in [-0.25, -0.2) is 9.78 Å². The summed E-state index contributed by atoms with van der Waals surface area (Å²) in [4.78, 5) is 32.3. The third-order valence-corrected chi connectivity index (χ3v) is 4.58. The zero-order chi connectivity index (χ0) is 16.6. The van der Waals surface area contributed by atoms with E-state index in [-0.39, 0.29) is 18.0 Å². The van der Waals surface area contributed by atoms with E-state index < -0.39 is 5.54 Å². The van der Waals surface area contributed by atoms with E-state index in [0.717, 1.165) is 37.5 Å². The summed E-state index contributed by atoms with van der Waals surface area (Å²) in [5.74, 6) is 1.45. The molecular weight excluding hydrogens is 296 g/mol. The van der Waals surface area contributed by atoms with Crippen molar-refractivity contribution in [2.75, 3.05) is 19.6 Å². The van der Waals surface area contributed by atoms with E-state index in [1.807, 2.05) is 6.92 Å². The fourth-order valence-corrected chi connectivity index (χ4v) is 3.31. The number of rotatable bonds is 4. The first-order valence-electron chi connectivity index (χ1n) is 8.15. The number of aromatic amines is 1. The first kappa shape index (κ1) is 15.9. The highest BCUT2D eigenvalue weighted by Crippen LogP contribution is 2.28. The van der Waals surface area contributed by atoms with Crippen LogP contribution in [0.25, 0.3) is 0 Å². The lowest BCUT2D eigenvalue weighted by atomic mass is 10.0. The molecule has 3 rings (SSSR count). The van der Waals surface area contributed by atoms with Gasteiger partial charge < -0.3 is 5.32 Å². The van der Waals surface area contributed by atoms with Crippen LogP contribution in [0.3, 0.4) is 0 Å². The number of aryl methyl sites for hydroxylation is 1. The molecule has 2 aliphatic heterocycles. The van der Waals surface area contributed by atoms with E-state index in [0.29, 0.717) is 13.1 Å². The molecule has 2 N–H and O–H groups in total. The lowest BCUT2D eigenvalue weighted by Crippen LogP contribution is -2.43. The largest absolute Gasteiger partial charge is 0.325 e. The molecule has 0 spiro atoms. The fourth-order valence-electron chi connectivity index (χ4n) is 3.31. The third kappa shape index (κ3) is 3.08. The molecule has 3 heterocycles. The maximum atomic E-state index is 12.3. The van der Waals surface area contributed by atoms with Crippen LogP contribution in [-0.2, 0) is 4.79 Å². The van der Waals surface area contributed by atoms with Gasteiger partial charge in [0.05, 0.1) is 6.04 Å². The molecule has 0 aromatic carbocycles. The van der Waals surface area contributed by atoms with Gasteiger partial charge in [-0.15, -0.1) is 0 Å². The Morgan fingerprint density at radius 3 is 2.65 bits per heavy atom. The molecule has 1 aromatic rings. The van der Waals surface area contributed by atoms with E-state index in [9.17, 15) is 9.59 Å². The molecule has 8 heteroatoms. The van der Waals surface area contributed by atoms with Crippen LogP contribution >= 0.6 is 0 Å². The number of hydrogen-bond donors (Lipinski definition) is 2. The summed E-state index contributed by atoms with van der Waals surface area (Å²) in [6.45, 7) is 7.33. The molecule has 0 saturated carbocycles. The quantitative estimate of drug-likeness (QED) is 0.806. The van der Waals surface area contributed by atoms with Crippen molar-refractivity contribution in [2.45, 2.75) is 51.6 Å². The number of nitrogens with one attached hydrogen (secondary N) is 2. The molecule has 0 radical (unpaired) electrons. The summed E-state index contributed by atoms with van der Waals surface area (Å²) >= 11 is 0. The van der Waals surface area contributed by atoms with Gasteiger partial charge >= 0.3 is 6.03 Å². The number of nitrogens with zero attached hydrogens (tertiary/aromatic N) is 4. The molecule has 8 nitrogen and oxygen atoms in total. The van der Waals surface area contributed by atoms with E-state index in [2.05, 4.69) is 25.4 Å². The number of carbonyl (C=O) groups is 2. The molecule has 1 unspecified atom stereocenters. The molecule has 2 aliphatic rings. The normalized spacial score (nSPS) is 25.0. The number of imide groups is 1. The van der Waals surface area contributed by atoms with Gasteiger partial charge in [-0.3, -0.25) is 19.7 Å². The van der Waals surface area contributed by atoms with Crippen molar-refractivity contribution in [1.82, 2.24) is 30.3 Å². The average molecular weight is 320 g/mol. The zero-order valence-corrected chi connectivity index (χ0v) is 13.9. The minimum Gasteiger partial charge on any atom is -0.324 e. The van der Waals surface area contributed by atoms with Crippen LogP contribution in [0.5, 0.6) is 0 Å². The molecule has 126 valence electrons. The van der Waals surface area contributed by atoms with Crippen LogP contribution < -0.4 is 5.32 Å². The molecule has 0 aliphatic carbocycles. The van der Waals surface area contributed by atoms with Crippen LogP contribution in [0.1, 0.15) is 50.8 Å². The first-order valence-corrected chi connectivity index (χ1v) is 8.15. The van der Waals surface area contributed by atoms with E-state index >= 15 is 0 Å². The Balaban J connectivity index is 1.66. The fraction of sp³-hybridized carbons (Fsp3) is 0.733. The number of piperidine rings is 1. The minimum atomic E-state index is -0.806. The zero-order valence-electron chi connectivity index (χ0n) is 13.9. The van der Waals surface area contributed by atoms with Crippen LogP contribution in [0.15, 0.2) is 0 Å². The molecule has 3 amide bonds. The Labute approximate surface area is 135 Å². The second-order valence-corrected chi connectivity index (χ2v) is 6.84.